The van der Waals surface area contributed by atoms with Gasteiger partial charge in [0.15, 0.2) is 0 Å². The van der Waals surface area contributed by atoms with Gasteiger partial charge in [-0.3, -0.25) is 9.78 Å². The van der Waals surface area contributed by atoms with Crippen LogP contribution in [0.3, 0.4) is 0 Å². The van der Waals surface area contributed by atoms with Gasteiger partial charge >= 0.3 is 0 Å². The largest absolute Gasteiger partial charge is 0.319 e. The highest BCUT2D eigenvalue weighted by molar-refractivity contribution is 6.07. The van der Waals surface area contributed by atoms with Gasteiger partial charge in [0.05, 0.1) is 11.2 Å². The van der Waals surface area contributed by atoms with Gasteiger partial charge in [-0.15, -0.1) is 0 Å². The third-order valence-electron chi connectivity index (χ3n) is 4.17. The van der Waals surface area contributed by atoms with Gasteiger partial charge in [0.2, 0.25) is 5.95 Å². The van der Waals surface area contributed by atoms with Gasteiger partial charge in [0.25, 0.3) is 5.91 Å². The number of nitrogens with one attached hydrogen (secondary N) is 2. The third-order valence-corrected chi connectivity index (χ3v) is 4.17. The van der Waals surface area contributed by atoms with Crippen molar-refractivity contribution < 1.29 is 13.6 Å². The molecule has 144 valence electrons. The number of anilines is 3. The van der Waals surface area contributed by atoms with E-state index in [9.17, 15) is 13.6 Å². The Kier molecular flexibility index (Phi) is 4.82. The average molecular weight is 391 g/mol. The molecule has 4 aromatic rings. The van der Waals surface area contributed by atoms with E-state index in [1.807, 2.05) is 18.2 Å². The van der Waals surface area contributed by atoms with Crippen LogP contribution in [-0.4, -0.2) is 20.9 Å². The van der Waals surface area contributed by atoms with Gasteiger partial charge in [-0.2, -0.15) is 0 Å². The number of halogens is 2. The first-order valence-corrected chi connectivity index (χ1v) is 8.73. The van der Waals surface area contributed by atoms with Crippen LogP contribution in [0.25, 0.3) is 10.9 Å². The van der Waals surface area contributed by atoms with Gasteiger partial charge in [-0.05, 0) is 37.3 Å². The fraction of sp³-hybridized carbons (Fsp3) is 0.0476. The predicted octanol–water partition coefficient (Wildman–Crippen LogP) is 4.61. The van der Waals surface area contributed by atoms with E-state index in [2.05, 4.69) is 25.6 Å². The lowest BCUT2D eigenvalue weighted by atomic mass is 10.2. The number of carbonyl (C=O) groups is 1. The molecule has 1 amide bonds. The normalized spacial score (nSPS) is 10.7. The number of fused-ring (bicyclic) bond motifs is 1. The van der Waals surface area contributed by atoms with Crippen LogP contribution in [0, 0.1) is 18.6 Å². The van der Waals surface area contributed by atoms with E-state index in [0.717, 1.165) is 17.5 Å². The first kappa shape index (κ1) is 18.4. The monoisotopic (exact) mass is 391 g/mol. The highest BCUT2D eigenvalue weighted by atomic mass is 19.1. The van der Waals surface area contributed by atoms with Crippen LogP contribution in [0.1, 0.15) is 16.2 Å². The Morgan fingerprint density at radius 2 is 1.69 bits per heavy atom. The molecule has 2 aromatic heterocycles. The van der Waals surface area contributed by atoms with Crippen molar-refractivity contribution >= 4 is 34.1 Å². The molecule has 0 aliphatic carbocycles. The molecule has 29 heavy (non-hydrogen) atoms. The molecule has 0 fully saturated rings. The highest BCUT2D eigenvalue weighted by Crippen LogP contribution is 2.23. The Bertz CT molecular complexity index is 1200. The average Bonchev–Trinajstić information content (AvgIpc) is 2.71. The predicted molar refractivity (Wildman–Crippen MR) is 106 cm³/mol. The molecule has 0 saturated carbocycles. The lowest BCUT2D eigenvalue weighted by Crippen LogP contribution is -2.16. The lowest BCUT2D eigenvalue weighted by molar-refractivity contribution is 0.102. The standard InChI is InChI=1S/C21H15F2N5O/c1-12-11-17(27-21(25-12)28-19-14(22)7-3-8-15(19)23)20(29)26-16-9-2-5-13-6-4-10-24-18(13)16/h2-11H,1H3,(H,26,29)(H,25,27,28). The number of carbonyl (C=O) groups excluding carboxylic acids is 1. The summed E-state index contributed by atoms with van der Waals surface area (Å²) in [6, 6.07) is 14.1. The fourth-order valence-corrected chi connectivity index (χ4v) is 2.86. The molecule has 6 nitrogen and oxygen atoms in total. The smallest absolute Gasteiger partial charge is 0.274 e. The molecule has 0 bridgehead atoms. The van der Waals surface area contributed by atoms with Crippen LogP contribution in [0.4, 0.5) is 26.1 Å². The van der Waals surface area contributed by atoms with E-state index in [4.69, 9.17) is 0 Å². The SMILES string of the molecule is Cc1cc(C(=O)Nc2cccc3cccnc23)nc(Nc2c(F)cccc2F)n1. The molecule has 2 heterocycles. The number of pyridine rings is 1. The van der Waals surface area contributed by atoms with Crippen molar-refractivity contribution in [2.75, 3.05) is 10.6 Å². The summed E-state index contributed by atoms with van der Waals surface area (Å²) in [6.45, 7) is 1.65. The number of hydrogen-bond donors (Lipinski definition) is 2. The molecule has 2 aromatic carbocycles. The van der Waals surface area contributed by atoms with Crippen molar-refractivity contribution in [3.05, 3.63) is 83.8 Å². The molecule has 2 N–H and O–H groups in total. The van der Waals surface area contributed by atoms with Gasteiger partial charge in [-0.1, -0.05) is 24.3 Å². The molecule has 0 radical (unpaired) electrons. The number of amides is 1. The fourth-order valence-electron chi connectivity index (χ4n) is 2.86. The molecule has 8 heteroatoms. The van der Waals surface area contributed by atoms with Crippen LogP contribution >= 0.6 is 0 Å². The Morgan fingerprint density at radius 3 is 2.48 bits per heavy atom. The van der Waals surface area contributed by atoms with E-state index < -0.39 is 17.5 Å². The van der Waals surface area contributed by atoms with E-state index in [1.54, 1.807) is 25.3 Å². The van der Waals surface area contributed by atoms with Crippen molar-refractivity contribution in [2.24, 2.45) is 0 Å². The Balaban J connectivity index is 1.64. The number of nitrogens with zero attached hydrogens (tertiary/aromatic N) is 3. The van der Waals surface area contributed by atoms with Gasteiger partial charge < -0.3 is 10.6 Å². The maximum atomic E-state index is 13.9. The Hall–Kier alpha value is -3.94. The number of aromatic nitrogens is 3. The summed E-state index contributed by atoms with van der Waals surface area (Å²) in [4.78, 5) is 25.2. The minimum atomic E-state index is -0.789. The van der Waals surface area contributed by atoms with Gasteiger partial charge in [0.1, 0.15) is 23.0 Å². The minimum Gasteiger partial charge on any atom is -0.319 e. The minimum absolute atomic E-state index is 0.0460. The van der Waals surface area contributed by atoms with Gasteiger partial charge in [-0.25, -0.2) is 18.7 Å². The second-order valence-corrected chi connectivity index (χ2v) is 6.27. The second kappa shape index (κ2) is 7.59. The summed E-state index contributed by atoms with van der Waals surface area (Å²) in [7, 11) is 0. The molecule has 0 spiro atoms. The first-order valence-electron chi connectivity index (χ1n) is 8.73. The molecule has 0 unspecified atom stereocenters. The quantitative estimate of drug-likeness (QED) is 0.531. The van der Waals surface area contributed by atoms with Crippen LogP contribution in [-0.2, 0) is 0 Å². The summed E-state index contributed by atoms with van der Waals surface area (Å²) in [5.74, 6) is -2.16. The number of hydrogen-bond acceptors (Lipinski definition) is 5. The lowest BCUT2D eigenvalue weighted by Gasteiger charge is -2.11. The Morgan fingerprint density at radius 1 is 0.966 bits per heavy atom. The maximum Gasteiger partial charge on any atom is 0.274 e. The zero-order valence-corrected chi connectivity index (χ0v) is 15.3. The van der Waals surface area contributed by atoms with Crippen molar-refractivity contribution in [3.63, 3.8) is 0 Å². The molecular weight excluding hydrogens is 376 g/mol. The number of para-hydroxylation sites is 2. The van der Waals surface area contributed by atoms with E-state index in [0.29, 0.717) is 16.9 Å². The zero-order chi connectivity index (χ0) is 20.4. The van der Waals surface area contributed by atoms with Crippen molar-refractivity contribution in [2.45, 2.75) is 6.92 Å². The first-order chi connectivity index (χ1) is 14.0. The topological polar surface area (TPSA) is 79.8 Å². The number of benzene rings is 2. The molecule has 0 aliphatic heterocycles. The summed E-state index contributed by atoms with van der Waals surface area (Å²) in [5, 5.41) is 6.16. The second-order valence-electron chi connectivity index (χ2n) is 6.27. The van der Waals surface area contributed by atoms with Crippen LogP contribution in [0.15, 0.2) is 60.8 Å². The summed E-state index contributed by atoms with van der Waals surface area (Å²) in [6.07, 6.45) is 1.64. The summed E-state index contributed by atoms with van der Waals surface area (Å²) < 4.78 is 27.8. The molecular formula is C21H15F2N5O. The Labute approximate surface area is 164 Å². The van der Waals surface area contributed by atoms with Crippen LogP contribution in [0.5, 0.6) is 0 Å². The molecule has 0 saturated heterocycles. The summed E-state index contributed by atoms with van der Waals surface area (Å²) in [5.41, 5.74) is 1.28. The molecule has 4 rings (SSSR count). The number of aryl methyl sites for hydroxylation is 1. The van der Waals surface area contributed by atoms with E-state index >= 15 is 0 Å². The summed E-state index contributed by atoms with van der Waals surface area (Å²) >= 11 is 0. The molecule has 0 atom stereocenters. The maximum absolute atomic E-state index is 13.9. The third kappa shape index (κ3) is 3.86. The van der Waals surface area contributed by atoms with Gasteiger partial charge in [0, 0.05) is 17.3 Å². The molecule has 0 aliphatic rings. The highest BCUT2D eigenvalue weighted by Gasteiger charge is 2.15. The zero-order valence-electron chi connectivity index (χ0n) is 15.3. The van der Waals surface area contributed by atoms with Crippen LogP contribution < -0.4 is 10.6 Å². The van der Waals surface area contributed by atoms with Crippen molar-refractivity contribution in [3.8, 4) is 0 Å². The number of rotatable bonds is 4. The van der Waals surface area contributed by atoms with Crippen molar-refractivity contribution in [1.82, 2.24) is 15.0 Å². The van der Waals surface area contributed by atoms with E-state index in [-0.39, 0.29) is 17.3 Å². The van der Waals surface area contributed by atoms with E-state index in [1.165, 1.54) is 12.1 Å². The van der Waals surface area contributed by atoms with Crippen LogP contribution in [0.2, 0.25) is 0 Å². The van der Waals surface area contributed by atoms with Crippen molar-refractivity contribution in [1.29, 1.82) is 0 Å².